The van der Waals surface area contributed by atoms with E-state index in [0.717, 1.165) is 6.54 Å². The first-order valence-corrected chi connectivity index (χ1v) is 8.73. The van der Waals surface area contributed by atoms with Crippen LogP contribution >= 0.6 is 0 Å². The first-order chi connectivity index (χ1) is 11.5. The van der Waals surface area contributed by atoms with Crippen LogP contribution in [0.2, 0.25) is 0 Å². The van der Waals surface area contributed by atoms with Gasteiger partial charge in [-0.1, -0.05) is 55.0 Å². The van der Waals surface area contributed by atoms with E-state index in [-0.39, 0.29) is 0 Å². The van der Waals surface area contributed by atoms with Crippen molar-refractivity contribution in [2.45, 2.75) is 34.2 Å². The maximum atomic E-state index is 2.34. The molecule has 124 valence electrons. The lowest BCUT2D eigenvalue weighted by Crippen LogP contribution is -2.17. The van der Waals surface area contributed by atoms with E-state index in [2.05, 4.69) is 94.2 Å². The predicted octanol–water partition coefficient (Wildman–Crippen LogP) is 6.08. The zero-order valence-corrected chi connectivity index (χ0v) is 15.4. The van der Waals surface area contributed by atoms with Gasteiger partial charge in [0.2, 0.25) is 0 Å². The molecule has 0 radical (unpaired) electrons. The normalized spacial score (nSPS) is 17.6. The maximum Gasteiger partial charge on any atom is 0.0432 e. The van der Waals surface area contributed by atoms with Crippen LogP contribution in [0.3, 0.4) is 0 Å². The average molecular weight is 317 g/mol. The fraction of sp³-hybridized carbons (Fsp3) is 0.304. The van der Waals surface area contributed by atoms with Crippen LogP contribution in [0, 0.1) is 5.92 Å². The van der Waals surface area contributed by atoms with E-state index in [4.69, 9.17) is 0 Å². The van der Waals surface area contributed by atoms with Gasteiger partial charge in [-0.15, -0.1) is 0 Å². The summed E-state index contributed by atoms with van der Waals surface area (Å²) in [6, 6.07) is 19.5. The molecule has 2 aromatic carbocycles. The van der Waals surface area contributed by atoms with Gasteiger partial charge in [-0.25, -0.2) is 0 Å². The SMILES string of the molecule is CC1=C(C)C(C)C(c2ccccc2CN(C)c2ccccc2)=C1C. The molecule has 0 bridgehead atoms. The Morgan fingerprint density at radius 2 is 1.46 bits per heavy atom. The molecule has 0 fully saturated rings. The quantitative estimate of drug-likeness (QED) is 0.660. The van der Waals surface area contributed by atoms with Crippen LogP contribution in [0.1, 0.15) is 38.8 Å². The van der Waals surface area contributed by atoms with E-state index in [1.165, 1.54) is 39.1 Å². The number of anilines is 1. The van der Waals surface area contributed by atoms with E-state index < -0.39 is 0 Å². The number of allylic oxidation sites excluding steroid dienone is 4. The van der Waals surface area contributed by atoms with Crippen LogP contribution in [0.5, 0.6) is 0 Å². The van der Waals surface area contributed by atoms with E-state index in [1.54, 1.807) is 0 Å². The smallest absolute Gasteiger partial charge is 0.0432 e. The Hall–Kier alpha value is -2.28. The number of rotatable bonds is 4. The lowest BCUT2D eigenvalue weighted by molar-refractivity contribution is 0.880. The van der Waals surface area contributed by atoms with Gasteiger partial charge in [0, 0.05) is 25.2 Å². The fourth-order valence-electron chi connectivity index (χ4n) is 3.75. The van der Waals surface area contributed by atoms with Crippen molar-refractivity contribution in [3.63, 3.8) is 0 Å². The predicted molar refractivity (Wildman–Crippen MR) is 105 cm³/mol. The first-order valence-electron chi connectivity index (χ1n) is 8.73. The average Bonchev–Trinajstić information content (AvgIpc) is 2.80. The Labute approximate surface area is 146 Å². The lowest BCUT2D eigenvalue weighted by atomic mass is 9.88. The Kier molecular flexibility index (Phi) is 4.62. The van der Waals surface area contributed by atoms with Gasteiger partial charge in [-0.3, -0.25) is 0 Å². The summed E-state index contributed by atoms with van der Waals surface area (Å²) in [6.45, 7) is 10.1. The monoisotopic (exact) mass is 317 g/mol. The van der Waals surface area contributed by atoms with Crippen molar-refractivity contribution in [1.82, 2.24) is 0 Å². The summed E-state index contributed by atoms with van der Waals surface area (Å²) in [5.74, 6) is 0.508. The first kappa shape index (κ1) is 16.6. The third-order valence-corrected chi connectivity index (χ3v) is 5.55. The molecule has 0 heterocycles. The summed E-state index contributed by atoms with van der Waals surface area (Å²) >= 11 is 0. The maximum absolute atomic E-state index is 2.34. The van der Waals surface area contributed by atoms with Crippen LogP contribution in [-0.2, 0) is 6.54 Å². The van der Waals surface area contributed by atoms with Crippen LogP contribution < -0.4 is 4.90 Å². The molecule has 0 aliphatic heterocycles. The van der Waals surface area contributed by atoms with Gasteiger partial charge in [-0.2, -0.15) is 0 Å². The Bertz CT molecular complexity index is 796. The fourth-order valence-corrected chi connectivity index (χ4v) is 3.75. The molecule has 0 aromatic heterocycles. The van der Waals surface area contributed by atoms with Gasteiger partial charge in [-0.05, 0) is 60.8 Å². The molecule has 1 nitrogen and oxygen atoms in total. The number of benzene rings is 2. The highest BCUT2D eigenvalue weighted by atomic mass is 15.1. The van der Waals surface area contributed by atoms with Crippen molar-refractivity contribution in [2.24, 2.45) is 5.92 Å². The molecule has 0 N–H and O–H groups in total. The standard InChI is InChI=1S/C23H27N/c1-16-17(2)19(4)23(18(16)3)22-14-10-9-11-20(22)15-24(5)21-12-7-6-8-13-21/h6-14,18H,15H2,1-5H3. The van der Waals surface area contributed by atoms with Gasteiger partial charge in [0.05, 0.1) is 0 Å². The van der Waals surface area contributed by atoms with E-state index in [0.29, 0.717) is 5.92 Å². The summed E-state index contributed by atoms with van der Waals surface area (Å²) < 4.78 is 0. The molecule has 1 unspecified atom stereocenters. The topological polar surface area (TPSA) is 3.24 Å². The zero-order valence-electron chi connectivity index (χ0n) is 15.4. The van der Waals surface area contributed by atoms with Crippen molar-refractivity contribution in [1.29, 1.82) is 0 Å². The minimum atomic E-state index is 0.508. The molecule has 1 atom stereocenters. The third-order valence-electron chi connectivity index (χ3n) is 5.55. The summed E-state index contributed by atoms with van der Waals surface area (Å²) in [7, 11) is 2.17. The summed E-state index contributed by atoms with van der Waals surface area (Å²) in [5, 5.41) is 0. The van der Waals surface area contributed by atoms with E-state index in [1.807, 2.05) is 0 Å². The largest absolute Gasteiger partial charge is 0.370 e. The number of para-hydroxylation sites is 1. The van der Waals surface area contributed by atoms with Gasteiger partial charge < -0.3 is 4.90 Å². The van der Waals surface area contributed by atoms with Gasteiger partial charge >= 0.3 is 0 Å². The molecule has 0 saturated carbocycles. The molecular weight excluding hydrogens is 290 g/mol. The van der Waals surface area contributed by atoms with Crippen LogP contribution in [0.15, 0.2) is 71.3 Å². The minimum Gasteiger partial charge on any atom is -0.370 e. The molecule has 24 heavy (non-hydrogen) atoms. The van der Waals surface area contributed by atoms with Crippen LogP contribution in [-0.4, -0.2) is 7.05 Å². The Morgan fingerprint density at radius 1 is 0.833 bits per heavy atom. The summed E-state index contributed by atoms with van der Waals surface area (Å²) in [4.78, 5) is 2.32. The van der Waals surface area contributed by atoms with Crippen molar-refractivity contribution >= 4 is 11.3 Å². The van der Waals surface area contributed by atoms with Crippen molar-refractivity contribution < 1.29 is 0 Å². The zero-order chi connectivity index (χ0) is 17.3. The summed E-state index contributed by atoms with van der Waals surface area (Å²) in [6.07, 6.45) is 0. The highest BCUT2D eigenvalue weighted by Crippen LogP contribution is 2.43. The third kappa shape index (κ3) is 2.91. The second-order valence-corrected chi connectivity index (χ2v) is 6.92. The molecule has 1 aliphatic carbocycles. The second kappa shape index (κ2) is 6.68. The minimum absolute atomic E-state index is 0.508. The van der Waals surface area contributed by atoms with Crippen molar-refractivity contribution in [3.05, 3.63) is 82.4 Å². The van der Waals surface area contributed by atoms with E-state index >= 15 is 0 Å². The molecule has 0 spiro atoms. The van der Waals surface area contributed by atoms with Crippen LogP contribution in [0.4, 0.5) is 5.69 Å². The second-order valence-electron chi connectivity index (χ2n) is 6.92. The highest BCUT2D eigenvalue weighted by molar-refractivity contribution is 5.81. The molecule has 0 amide bonds. The molecule has 1 aliphatic rings. The summed E-state index contributed by atoms with van der Waals surface area (Å²) in [5.41, 5.74) is 9.98. The van der Waals surface area contributed by atoms with Crippen molar-refractivity contribution in [2.75, 3.05) is 11.9 Å². The molecule has 0 saturated heterocycles. The van der Waals surface area contributed by atoms with Gasteiger partial charge in [0.25, 0.3) is 0 Å². The Balaban J connectivity index is 1.96. The molecule has 2 aromatic rings. The van der Waals surface area contributed by atoms with Gasteiger partial charge in [0.15, 0.2) is 0 Å². The molecule has 1 heteroatoms. The number of hydrogen-bond acceptors (Lipinski definition) is 1. The Morgan fingerprint density at radius 3 is 2.08 bits per heavy atom. The van der Waals surface area contributed by atoms with E-state index in [9.17, 15) is 0 Å². The van der Waals surface area contributed by atoms with Gasteiger partial charge in [0.1, 0.15) is 0 Å². The lowest BCUT2D eigenvalue weighted by Gasteiger charge is -2.23. The van der Waals surface area contributed by atoms with Crippen molar-refractivity contribution in [3.8, 4) is 0 Å². The number of nitrogens with zero attached hydrogens (tertiary/aromatic N) is 1. The number of hydrogen-bond donors (Lipinski definition) is 0. The molecule has 3 rings (SSSR count). The van der Waals surface area contributed by atoms with Crippen LogP contribution in [0.25, 0.3) is 5.57 Å². The highest BCUT2D eigenvalue weighted by Gasteiger charge is 2.26. The molecular formula is C23H27N.